The molecule has 4 rings (SSSR count). The highest BCUT2D eigenvalue weighted by Gasteiger charge is 2.47. The molecule has 2 amide bonds. The Hall–Kier alpha value is -1.92. The van der Waals surface area contributed by atoms with Crippen LogP contribution in [0.25, 0.3) is 0 Å². The summed E-state index contributed by atoms with van der Waals surface area (Å²) in [5, 5.41) is 6.07. The van der Waals surface area contributed by atoms with Gasteiger partial charge in [-0.15, -0.1) is 11.3 Å². The summed E-state index contributed by atoms with van der Waals surface area (Å²) in [7, 11) is 0. The van der Waals surface area contributed by atoms with Gasteiger partial charge in [0.1, 0.15) is 0 Å². The van der Waals surface area contributed by atoms with Crippen LogP contribution in [-0.2, 0) is 9.59 Å². The summed E-state index contributed by atoms with van der Waals surface area (Å²) in [5.74, 6) is 0.431. The van der Waals surface area contributed by atoms with Crippen molar-refractivity contribution in [2.75, 3.05) is 18.4 Å². The van der Waals surface area contributed by atoms with Crippen LogP contribution < -0.4 is 5.32 Å². The Labute approximate surface area is 161 Å². The van der Waals surface area contributed by atoms with Crippen molar-refractivity contribution in [1.29, 1.82) is 0 Å². The zero-order valence-electron chi connectivity index (χ0n) is 14.2. The highest BCUT2D eigenvalue weighted by atomic mass is 35.5. The maximum absolute atomic E-state index is 12.8. The number of nitrogens with one attached hydrogen (secondary N) is 1. The number of aromatic nitrogens is 1. The number of halogens is 1. The van der Waals surface area contributed by atoms with Crippen molar-refractivity contribution in [3.63, 3.8) is 0 Å². The van der Waals surface area contributed by atoms with Crippen molar-refractivity contribution >= 4 is 39.9 Å². The minimum Gasteiger partial charge on any atom is -0.342 e. The number of thiazole rings is 1. The molecule has 1 aromatic heterocycles. The second-order valence-electron chi connectivity index (χ2n) is 6.90. The highest BCUT2D eigenvalue weighted by Crippen LogP contribution is 2.50. The summed E-state index contributed by atoms with van der Waals surface area (Å²) in [4.78, 5) is 31.1. The molecule has 2 aliphatic rings. The first-order valence-corrected chi connectivity index (χ1v) is 10.1. The number of likely N-dealkylation sites (tertiary alicyclic amines) is 1. The molecule has 7 heteroatoms. The average Bonchev–Trinajstić information content (AvgIpc) is 3.29. The Bertz CT molecular complexity index is 803. The molecule has 0 unspecified atom stereocenters. The third-order valence-electron chi connectivity index (χ3n) is 5.25. The molecule has 2 aromatic rings. The minimum atomic E-state index is -0.0542. The number of anilines is 1. The molecule has 1 aliphatic carbocycles. The van der Waals surface area contributed by atoms with Gasteiger partial charge in [-0.2, -0.15) is 0 Å². The third-order valence-corrected chi connectivity index (χ3v) is 6.28. The number of piperidine rings is 1. The van der Waals surface area contributed by atoms with Gasteiger partial charge in [0.2, 0.25) is 11.8 Å². The largest absolute Gasteiger partial charge is 0.342 e. The summed E-state index contributed by atoms with van der Waals surface area (Å²) >= 11 is 7.67. The van der Waals surface area contributed by atoms with E-state index in [1.807, 2.05) is 34.5 Å². The topological polar surface area (TPSA) is 62.3 Å². The van der Waals surface area contributed by atoms with E-state index < -0.39 is 0 Å². The van der Waals surface area contributed by atoms with E-state index in [0.717, 1.165) is 17.0 Å². The van der Waals surface area contributed by atoms with E-state index in [2.05, 4.69) is 10.3 Å². The number of nitrogens with zero attached hydrogens (tertiary/aromatic N) is 2. The van der Waals surface area contributed by atoms with Crippen LogP contribution in [-0.4, -0.2) is 34.8 Å². The van der Waals surface area contributed by atoms with Gasteiger partial charge in [0, 0.05) is 41.5 Å². The first-order valence-electron chi connectivity index (χ1n) is 8.87. The lowest BCUT2D eigenvalue weighted by molar-refractivity contribution is -0.135. The van der Waals surface area contributed by atoms with E-state index in [1.54, 1.807) is 6.20 Å². The molecule has 1 N–H and O–H groups in total. The molecule has 0 spiro atoms. The van der Waals surface area contributed by atoms with E-state index in [1.165, 1.54) is 11.3 Å². The van der Waals surface area contributed by atoms with Gasteiger partial charge in [0.05, 0.1) is 0 Å². The van der Waals surface area contributed by atoms with E-state index in [4.69, 9.17) is 11.6 Å². The molecule has 1 saturated carbocycles. The van der Waals surface area contributed by atoms with Crippen LogP contribution in [0.1, 0.15) is 30.7 Å². The van der Waals surface area contributed by atoms with Crippen LogP contribution in [0.3, 0.4) is 0 Å². The Balaban J connectivity index is 1.29. The van der Waals surface area contributed by atoms with Crippen LogP contribution in [0.5, 0.6) is 0 Å². The molecule has 1 saturated heterocycles. The predicted octanol–water partition coefficient (Wildman–Crippen LogP) is 3.78. The number of benzene rings is 1. The minimum absolute atomic E-state index is 0.00687. The van der Waals surface area contributed by atoms with Gasteiger partial charge in [0.25, 0.3) is 0 Å². The second kappa shape index (κ2) is 7.37. The molecule has 136 valence electrons. The normalized spacial score (nSPS) is 22.9. The highest BCUT2D eigenvalue weighted by molar-refractivity contribution is 7.13. The number of carbonyl (C=O) groups excluding carboxylic acids is 2. The number of hydrogen-bond donors (Lipinski definition) is 1. The van der Waals surface area contributed by atoms with E-state index in [-0.39, 0.29) is 29.6 Å². The number of amides is 2. The fourth-order valence-electron chi connectivity index (χ4n) is 3.68. The molecule has 5 nitrogen and oxygen atoms in total. The average molecular weight is 390 g/mol. The zero-order valence-corrected chi connectivity index (χ0v) is 15.8. The first kappa shape index (κ1) is 17.5. The molecular formula is C19H20ClN3O2S. The second-order valence-corrected chi connectivity index (χ2v) is 8.20. The molecule has 26 heavy (non-hydrogen) atoms. The molecule has 0 radical (unpaired) electrons. The lowest BCUT2D eigenvalue weighted by Crippen LogP contribution is -2.42. The smallest absolute Gasteiger partial charge is 0.229 e. The van der Waals surface area contributed by atoms with Crippen molar-refractivity contribution in [1.82, 2.24) is 9.88 Å². The molecular weight excluding hydrogens is 370 g/mol. The van der Waals surface area contributed by atoms with Crippen LogP contribution >= 0.6 is 22.9 Å². The SMILES string of the molecule is O=C(Nc1nccs1)C1CCN(C(=O)[C@H]2C[C@H]2c2ccccc2Cl)CC1. The Morgan fingerprint density at radius 1 is 1.23 bits per heavy atom. The van der Waals surface area contributed by atoms with E-state index in [0.29, 0.717) is 31.1 Å². The Morgan fingerprint density at radius 2 is 2.00 bits per heavy atom. The fourth-order valence-corrected chi connectivity index (χ4v) is 4.48. The van der Waals surface area contributed by atoms with Gasteiger partial charge in [-0.25, -0.2) is 4.98 Å². The van der Waals surface area contributed by atoms with Crippen molar-refractivity contribution < 1.29 is 9.59 Å². The van der Waals surface area contributed by atoms with E-state index in [9.17, 15) is 9.59 Å². The van der Waals surface area contributed by atoms with Crippen molar-refractivity contribution in [2.45, 2.75) is 25.2 Å². The van der Waals surface area contributed by atoms with Gasteiger partial charge in [0.15, 0.2) is 5.13 Å². The van der Waals surface area contributed by atoms with Crippen LogP contribution in [0, 0.1) is 11.8 Å². The summed E-state index contributed by atoms with van der Waals surface area (Å²) in [5.41, 5.74) is 1.07. The summed E-state index contributed by atoms with van der Waals surface area (Å²) in [6.45, 7) is 1.28. The first-order chi connectivity index (χ1) is 12.6. The zero-order chi connectivity index (χ0) is 18.1. The van der Waals surface area contributed by atoms with Crippen LogP contribution in [0.2, 0.25) is 5.02 Å². The summed E-state index contributed by atoms with van der Waals surface area (Å²) in [6.07, 6.45) is 3.94. The van der Waals surface area contributed by atoms with Gasteiger partial charge in [-0.1, -0.05) is 29.8 Å². The molecule has 0 bridgehead atoms. The van der Waals surface area contributed by atoms with Crippen LogP contribution in [0.15, 0.2) is 35.8 Å². The molecule has 1 aliphatic heterocycles. The lowest BCUT2D eigenvalue weighted by Gasteiger charge is -2.31. The quantitative estimate of drug-likeness (QED) is 0.865. The van der Waals surface area contributed by atoms with E-state index >= 15 is 0 Å². The number of rotatable bonds is 4. The summed E-state index contributed by atoms with van der Waals surface area (Å²) < 4.78 is 0. The van der Waals surface area contributed by atoms with Crippen molar-refractivity contribution in [2.24, 2.45) is 11.8 Å². The lowest BCUT2D eigenvalue weighted by atomic mass is 9.95. The maximum atomic E-state index is 12.8. The molecule has 2 heterocycles. The fraction of sp³-hybridized carbons (Fsp3) is 0.421. The van der Waals surface area contributed by atoms with Crippen molar-refractivity contribution in [3.8, 4) is 0 Å². The third kappa shape index (κ3) is 3.62. The van der Waals surface area contributed by atoms with Crippen LogP contribution in [0.4, 0.5) is 5.13 Å². The maximum Gasteiger partial charge on any atom is 0.229 e. The molecule has 2 fully saturated rings. The monoisotopic (exact) mass is 389 g/mol. The Kier molecular flexibility index (Phi) is 4.96. The van der Waals surface area contributed by atoms with Gasteiger partial charge in [-0.3, -0.25) is 9.59 Å². The molecule has 1 aromatic carbocycles. The Morgan fingerprint density at radius 3 is 2.69 bits per heavy atom. The van der Waals surface area contributed by atoms with Gasteiger partial charge in [-0.05, 0) is 36.8 Å². The number of hydrogen-bond acceptors (Lipinski definition) is 4. The van der Waals surface area contributed by atoms with Crippen molar-refractivity contribution in [3.05, 3.63) is 46.4 Å². The predicted molar refractivity (Wildman–Crippen MR) is 102 cm³/mol. The number of carbonyl (C=O) groups is 2. The van der Waals surface area contributed by atoms with Gasteiger partial charge >= 0.3 is 0 Å². The summed E-state index contributed by atoms with van der Waals surface area (Å²) in [6, 6.07) is 7.76. The van der Waals surface area contributed by atoms with Gasteiger partial charge < -0.3 is 10.2 Å². The standard InChI is InChI=1S/C19H20ClN3O2S/c20-16-4-2-1-3-13(16)14-11-15(14)18(25)23-8-5-12(6-9-23)17(24)22-19-21-7-10-26-19/h1-4,7,10,12,14-15H,5-6,8-9,11H2,(H,21,22,24)/t14-,15-/m0/s1. The molecule has 2 atom stereocenters.